The highest BCUT2D eigenvalue weighted by Crippen LogP contribution is 2.60. The van der Waals surface area contributed by atoms with Gasteiger partial charge in [0.2, 0.25) is 5.76 Å². The third kappa shape index (κ3) is 13.4. The van der Waals surface area contributed by atoms with E-state index in [2.05, 4.69) is 38.2 Å². The molecule has 6 atom stereocenters. The van der Waals surface area contributed by atoms with Gasteiger partial charge in [0.05, 0.1) is 38.8 Å². The Kier molecular flexibility index (Phi) is 18.1. The van der Waals surface area contributed by atoms with E-state index in [1.54, 1.807) is 6.07 Å². The number of alkyl halides is 12. The standard InChI is InChI=1S/C20H18F6N2O5S.C19H14F6N4O3.C3H8.2C2H6/c1-10(19(21,22)23)32-14-4-3-12(34(2,30)31)5-13(14)17(29)28-8-11-7-18(11,9-28)15-6-16(33-27-15)20(24,25)26;1-9(18(20,21)22)31-13-3-2-10(6-26)4-12(13)14(30)29-7-11-5-17(11,8-29)15-27-16(32-28-15)19(23,24)25;1-3-2;2*1-2/h3-6,10-11H,7-9H2,1-2H3;2-4,9,11H,5,7-8H2,1H3;3H2,1-2H3;2*1-2H3. The molecule has 6 unspecified atom stereocenters. The summed E-state index contributed by atoms with van der Waals surface area (Å²) in [7, 11) is -3.80. The lowest BCUT2D eigenvalue weighted by atomic mass is 10.0. The van der Waals surface area contributed by atoms with Crippen LogP contribution in [0.25, 0.3) is 0 Å². The number of amides is 2. The van der Waals surface area contributed by atoms with Crippen molar-refractivity contribution in [3.05, 3.63) is 82.3 Å². The Bertz CT molecular complexity index is 2730. The molecule has 2 saturated heterocycles. The molecule has 4 aliphatic rings. The van der Waals surface area contributed by atoms with E-state index in [1.165, 1.54) is 22.3 Å². The first-order valence-corrected chi connectivity index (χ1v) is 24.6. The van der Waals surface area contributed by atoms with E-state index in [0.717, 1.165) is 56.5 Å². The van der Waals surface area contributed by atoms with Crippen molar-refractivity contribution in [1.82, 2.24) is 25.1 Å². The van der Waals surface area contributed by atoms with Crippen LogP contribution in [-0.2, 0) is 33.0 Å². The first-order valence-electron chi connectivity index (χ1n) is 22.7. The van der Waals surface area contributed by atoms with Crippen LogP contribution in [0, 0.1) is 23.2 Å². The number of aromatic nitrogens is 3. The second kappa shape index (κ2) is 22.2. The first kappa shape index (κ1) is 59.5. The van der Waals surface area contributed by atoms with Gasteiger partial charge in [0, 0.05) is 43.9 Å². The number of sulfone groups is 1. The number of fused-ring (bicyclic) bond motifs is 2. The quantitative estimate of drug-likeness (QED) is 0.145. The molecule has 4 fully saturated rings. The van der Waals surface area contributed by atoms with Crippen LogP contribution in [0.4, 0.5) is 52.7 Å². The van der Waals surface area contributed by atoms with E-state index >= 15 is 0 Å². The average molecular weight is 1080 g/mol. The maximum absolute atomic E-state index is 13.2. The first-order chi connectivity index (χ1) is 33.8. The fourth-order valence-corrected chi connectivity index (χ4v) is 8.58. The van der Waals surface area contributed by atoms with E-state index in [4.69, 9.17) is 14.7 Å². The van der Waals surface area contributed by atoms with Crippen molar-refractivity contribution in [1.29, 1.82) is 5.26 Å². The number of nitriles is 1. The van der Waals surface area contributed by atoms with Crippen molar-refractivity contribution in [2.24, 2.45) is 11.8 Å². The maximum Gasteiger partial charge on any atom is 0.471 e. The molecule has 0 radical (unpaired) electrons. The molecule has 4 aromatic rings. The Balaban J connectivity index is 0.000000283. The van der Waals surface area contributed by atoms with Crippen molar-refractivity contribution < 1.29 is 89.2 Å². The summed E-state index contributed by atoms with van der Waals surface area (Å²) in [6.45, 7) is 13.9. The molecule has 2 aromatic heterocycles. The predicted octanol–water partition coefficient (Wildman–Crippen LogP) is 11.0. The highest BCUT2D eigenvalue weighted by molar-refractivity contribution is 7.90. The molecular weight excluding hydrogens is 1020 g/mol. The van der Waals surface area contributed by atoms with Crippen LogP contribution in [-0.4, -0.2) is 102 Å². The minimum Gasteiger partial charge on any atom is -0.480 e. The fourth-order valence-electron chi connectivity index (χ4n) is 7.94. The molecule has 0 N–H and O–H groups in total. The van der Waals surface area contributed by atoms with Crippen LogP contribution < -0.4 is 9.47 Å². The van der Waals surface area contributed by atoms with Crippen LogP contribution in [0.1, 0.15) is 124 Å². The molecule has 0 spiro atoms. The van der Waals surface area contributed by atoms with Crippen molar-refractivity contribution in [3.8, 4) is 17.6 Å². The zero-order valence-electron chi connectivity index (χ0n) is 40.7. The zero-order chi connectivity index (χ0) is 55.4. The number of rotatable bonds is 9. The van der Waals surface area contributed by atoms with Crippen LogP contribution in [0.15, 0.2) is 56.4 Å². The number of hydrogen-bond donors (Lipinski definition) is 0. The van der Waals surface area contributed by atoms with Gasteiger partial charge in [-0.3, -0.25) is 9.59 Å². The molecule has 2 amide bonds. The largest absolute Gasteiger partial charge is 0.480 e. The van der Waals surface area contributed by atoms with Gasteiger partial charge in [-0.2, -0.15) is 62.9 Å². The van der Waals surface area contributed by atoms with Gasteiger partial charge in [-0.15, -0.1) is 0 Å². The molecule has 404 valence electrons. The Hall–Kier alpha value is -6.07. The summed E-state index contributed by atoms with van der Waals surface area (Å²) in [5.41, 5.74) is -2.35. The van der Waals surface area contributed by atoms with E-state index < -0.39 is 92.4 Å². The maximum atomic E-state index is 13.2. The SMILES string of the molecule is CC.CC.CC(Oc1ccc(C#N)cc1C(=O)N1CC2CC2(c2noc(C(F)(F)F)n2)C1)C(F)(F)F.CC(Oc1ccc(S(C)(=O)=O)cc1C(=O)N1CC2CC2(c2cc(C(F)(F)F)on2)C1)C(F)(F)F.CCC. The summed E-state index contributed by atoms with van der Waals surface area (Å²) in [5, 5.41) is 16.0. The highest BCUT2D eigenvalue weighted by Gasteiger charge is 2.66. The monoisotopic (exact) mass is 1080 g/mol. The van der Waals surface area contributed by atoms with E-state index in [1.807, 2.05) is 27.7 Å². The number of hydrogen-bond acceptors (Lipinski definition) is 12. The van der Waals surface area contributed by atoms with Crippen molar-refractivity contribution >= 4 is 21.7 Å². The van der Waals surface area contributed by atoms with E-state index in [-0.39, 0.29) is 71.3 Å². The lowest BCUT2D eigenvalue weighted by molar-refractivity contribution is -0.189. The van der Waals surface area contributed by atoms with E-state index in [0.29, 0.717) is 12.8 Å². The molecule has 0 bridgehead atoms. The number of nitrogens with zero attached hydrogens (tertiary/aromatic N) is 6. The number of likely N-dealkylation sites (tertiary alicyclic amines) is 2. The molecule has 2 aliphatic carbocycles. The van der Waals surface area contributed by atoms with Gasteiger partial charge in [0.15, 0.2) is 27.9 Å². The number of ether oxygens (including phenoxy) is 2. The van der Waals surface area contributed by atoms with Crippen LogP contribution in [0.2, 0.25) is 0 Å². The lowest BCUT2D eigenvalue weighted by Crippen LogP contribution is -2.35. The Morgan fingerprint density at radius 1 is 0.740 bits per heavy atom. The van der Waals surface area contributed by atoms with Crippen molar-refractivity contribution in [2.75, 3.05) is 32.4 Å². The molecule has 2 aromatic carbocycles. The Morgan fingerprint density at radius 3 is 1.64 bits per heavy atom. The van der Waals surface area contributed by atoms with Crippen molar-refractivity contribution in [3.63, 3.8) is 0 Å². The Labute approximate surface area is 411 Å². The zero-order valence-corrected chi connectivity index (χ0v) is 41.5. The molecular formula is C46H52F12N6O8S. The summed E-state index contributed by atoms with van der Waals surface area (Å²) >= 11 is 0. The summed E-state index contributed by atoms with van der Waals surface area (Å²) < 4.78 is 197. The van der Waals surface area contributed by atoms with Crippen LogP contribution in [0.3, 0.4) is 0 Å². The molecule has 27 heteroatoms. The third-order valence-electron chi connectivity index (χ3n) is 11.8. The lowest BCUT2D eigenvalue weighted by Gasteiger charge is -2.24. The molecule has 14 nitrogen and oxygen atoms in total. The topological polar surface area (TPSA) is 182 Å². The average Bonchev–Trinajstić information content (AvgIpc) is 3.74. The molecule has 73 heavy (non-hydrogen) atoms. The fraction of sp³-hybridized carbons (Fsp3) is 0.565. The summed E-state index contributed by atoms with van der Waals surface area (Å²) in [4.78, 5) is 31.9. The van der Waals surface area contributed by atoms with Gasteiger partial charge >= 0.3 is 30.6 Å². The second-order valence-corrected chi connectivity index (χ2v) is 19.1. The number of piperidine rings is 2. The normalized spacial score (nSPS) is 21.6. The van der Waals surface area contributed by atoms with Gasteiger partial charge < -0.3 is 28.3 Å². The third-order valence-corrected chi connectivity index (χ3v) is 12.9. The van der Waals surface area contributed by atoms with E-state index in [9.17, 15) is 70.7 Å². The number of benzene rings is 2. The molecule has 2 aliphatic heterocycles. The molecule has 4 heterocycles. The molecule has 2 saturated carbocycles. The van der Waals surface area contributed by atoms with Gasteiger partial charge in [0.1, 0.15) is 11.5 Å². The van der Waals surface area contributed by atoms with Gasteiger partial charge in [0.25, 0.3) is 11.8 Å². The Morgan fingerprint density at radius 2 is 1.21 bits per heavy atom. The highest BCUT2D eigenvalue weighted by atomic mass is 32.2. The smallest absolute Gasteiger partial charge is 0.471 e. The summed E-state index contributed by atoms with van der Waals surface area (Å²) in [6, 6.07) is 8.97. The molecule has 8 rings (SSSR count). The number of carbonyl (C=O) groups excluding carboxylic acids is 2. The number of halogens is 12. The minimum atomic E-state index is -4.81. The minimum absolute atomic E-state index is 0.0344. The van der Waals surface area contributed by atoms with Crippen molar-refractivity contribution in [2.45, 2.75) is 127 Å². The van der Waals surface area contributed by atoms with Gasteiger partial charge in [-0.05, 0) is 74.9 Å². The van der Waals surface area contributed by atoms with Crippen LogP contribution in [0.5, 0.6) is 11.5 Å². The predicted molar refractivity (Wildman–Crippen MR) is 234 cm³/mol. The number of carbonyl (C=O) groups is 2. The van der Waals surface area contributed by atoms with Crippen LogP contribution >= 0.6 is 0 Å². The summed E-state index contributed by atoms with van der Waals surface area (Å²) in [6.07, 6.45) is -20.4. The second-order valence-electron chi connectivity index (χ2n) is 17.0. The summed E-state index contributed by atoms with van der Waals surface area (Å²) in [5.74, 6) is -5.70. The van der Waals surface area contributed by atoms with Gasteiger partial charge in [-0.25, -0.2) is 8.42 Å². The van der Waals surface area contributed by atoms with Gasteiger partial charge in [-0.1, -0.05) is 58.3 Å².